The average molecular weight is 236 g/mol. The van der Waals surface area contributed by atoms with Crippen molar-refractivity contribution in [1.29, 1.82) is 0 Å². The first-order valence-electron chi connectivity index (χ1n) is 6.10. The number of nitrogens with one attached hydrogen (secondary N) is 2. The lowest BCUT2D eigenvalue weighted by Gasteiger charge is -2.21. The lowest BCUT2D eigenvalue weighted by atomic mass is 10.0. The van der Waals surface area contributed by atoms with Gasteiger partial charge in [0.25, 0.3) is 0 Å². The minimum Gasteiger partial charge on any atom is -0.492 e. The molecule has 94 valence electrons. The zero-order valence-corrected chi connectivity index (χ0v) is 9.98. The monoisotopic (exact) mass is 236 g/mol. The summed E-state index contributed by atoms with van der Waals surface area (Å²) in [5.41, 5.74) is -0.577. The fourth-order valence-electron chi connectivity index (χ4n) is 1.96. The molecule has 1 fully saturated rings. The standard InChI is InChI=1S/C13H20N2O2/c16-13(6-7-14-10-13)11-15-8-9-17-12-4-2-1-3-5-12/h1-5,14-16H,6-11H2/t13-/m1/s1. The van der Waals surface area contributed by atoms with Crippen molar-refractivity contribution in [3.05, 3.63) is 30.3 Å². The maximum absolute atomic E-state index is 10.0. The Bertz CT molecular complexity index is 323. The third-order valence-corrected chi connectivity index (χ3v) is 2.97. The molecule has 0 spiro atoms. The van der Waals surface area contributed by atoms with Gasteiger partial charge in [0.2, 0.25) is 0 Å². The zero-order valence-electron chi connectivity index (χ0n) is 9.98. The molecule has 1 aromatic carbocycles. The van der Waals surface area contributed by atoms with Crippen molar-refractivity contribution in [2.24, 2.45) is 0 Å². The number of hydrogen-bond acceptors (Lipinski definition) is 4. The van der Waals surface area contributed by atoms with Crippen molar-refractivity contribution in [3.63, 3.8) is 0 Å². The van der Waals surface area contributed by atoms with Crippen LogP contribution >= 0.6 is 0 Å². The first kappa shape index (κ1) is 12.4. The van der Waals surface area contributed by atoms with E-state index in [2.05, 4.69) is 10.6 Å². The van der Waals surface area contributed by atoms with Gasteiger partial charge in [-0.05, 0) is 25.1 Å². The number of benzene rings is 1. The lowest BCUT2D eigenvalue weighted by Crippen LogP contribution is -2.43. The fourth-order valence-corrected chi connectivity index (χ4v) is 1.96. The Kier molecular flexibility index (Phi) is 4.36. The maximum atomic E-state index is 10.0. The summed E-state index contributed by atoms with van der Waals surface area (Å²) in [6.45, 7) is 3.57. The molecule has 0 bridgehead atoms. The molecule has 2 rings (SSSR count). The number of para-hydroxylation sites is 1. The maximum Gasteiger partial charge on any atom is 0.119 e. The Labute approximate surface area is 102 Å². The van der Waals surface area contributed by atoms with Crippen LogP contribution in [0, 0.1) is 0 Å². The molecule has 0 aromatic heterocycles. The second kappa shape index (κ2) is 6.00. The number of rotatable bonds is 6. The molecular formula is C13H20N2O2. The predicted octanol–water partition coefficient (Wildman–Crippen LogP) is 0.379. The molecule has 1 saturated heterocycles. The first-order chi connectivity index (χ1) is 8.29. The highest BCUT2D eigenvalue weighted by atomic mass is 16.5. The first-order valence-corrected chi connectivity index (χ1v) is 6.10. The quantitative estimate of drug-likeness (QED) is 0.625. The smallest absolute Gasteiger partial charge is 0.119 e. The van der Waals surface area contributed by atoms with E-state index in [1.54, 1.807) is 0 Å². The molecular weight excluding hydrogens is 216 g/mol. The van der Waals surface area contributed by atoms with Crippen LogP contribution in [0.4, 0.5) is 0 Å². The predicted molar refractivity (Wildman–Crippen MR) is 67.2 cm³/mol. The highest BCUT2D eigenvalue weighted by Crippen LogP contribution is 2.12. The number of aliphatic hydroxyl groups is 1. The summed E-state index contributed by atoms with van der Waals surface area (Å²) >= 11 is 0. The SMILES string of the molecule is O[C@]1(CNCCOc2ccccc2)CCNC1. The largest absolute Gasteiger partial charge is 0.492 e. The van der Waals surface area contributed by atoms with Crippen molar-refractivity contribution < 1.29 is 9.84 Å². The summed E-state index contributed by atoms with van der Waals surface area (Å²) in [5, 5.41) is 16.4. The molecule has 3 N–H and O–H groups in total. The van der Waals surface area contributed by atoms with Crippen molar-refractivity contribution >= 4 is 0 Å². The third kappa shape index (κ3) is 4.00. The molecule has 0 saturated carbocycles. The van der Waals surface area contributed by atoms with Gasteiger partial charge in [-0.15, -0.1) is 0 Å². The summed E-state index contributed by atoms with van der Waals surface area (Å²) in [7, 11) is 0. The van der Waals surface area contributed by atoms with Crippen molar-refractivity contribution in [3.8, 4) is 5.75 Å². The van der Waals surface area contributed by atoms with Gasteiger partial charge in [-0.25, -0.2) is 0 Å². The second-order valence-corrected chi connectivity index (χ2v) is 4.49. The van der Waals surface area contributed by atoms with E-state index in [0.29, 0.717) is 19.7 Å². The van der Waals surface area contributed by atoms with Gasteiger partial charge in [0.15, 0.2) is 0 Å². The van der Waals surface area contributed by atoms with Crippen molar-refractivity contribution in [2.75, 3.05) is 32.8 Å². The van der Waals surface area contributed by atoms with Crippen LogP contribution in [-0.2, 0) is 0 Å². The summed E-state index contributed by atoms with van der Waals surface area (Å²) in [4.78, 5) is 0. The summed E-state index contributed by atoms with van der Waals surface area (Å²) < 4.78 is 5.54. The van der Waals surface area contributed by atoms with E-state index in [1.807, 2.05) is 30.3 Å². The van der Waals surface area contributed by atoms with Crippen molar-refractivity contribution in [1.82, 2.24) is 10.6 Å². The molecule has 1 aliphatic rings. The van der Waals surface area contributed by atoms with Gasteiger partial charge in [-0.1, -0.05) is 18.2 Å². The molecule has 1 aromatic rings. The van der Waals surface area contributed by atoms with E-state index in [1.165, 1.54) is 0 Å². The summed E-state index contributed by atoms with van der Waals surface area (Å²) in [6.07, 6.45) is 0.819. The number of β-amino-alcohol motifs (C(OH)–C–C–N with tert-alkyl or cyclic N) is 1. The number of ether oxygens (including phenoxy) is 1. The highest BCUT2D eigenvalue weighted by Gasteiger charge is 2.30. The van der Waals surface area contributed by atoms with Gasteiger partial charge >= 0.3 is 0 Å². The van der Waals surface area contributed by atoms with E-state index in [4.69, 9.17) is 4.74 Å². The molecule has 0 unspecified atom stereocenters. The van der Waals surface area contributed by atoms with Crippen LogP contribution in [0.5, 0.6) is 5.75 Å². The molecule has 17 heavy (non-hydrogen) atoms. The zero-order chi connectivity index (χ0) is 12.0. The topological polar surface area (TPSA) is 53.5 Å². The third-order valence-electron chi connectivity index (χ3n) is 2.97. The van der Waals surface area contributed by atoms with E-state index < -0.39 is 5.60 Å². The fraction of sp³-hybridized carbons (Fsp3) is 0.538. The van der Waals surface area contributed by atoms with Crippen LogP contribution in [0.3, 0.4) is 0 Å². The Morgan fingerprint density at radius 1 is 1.35 bits per heavy atom. The van der Waals surface area contributed by atoms with E-state index in [9.17, 15) is 5.11 Å². The van der Waals surface area contributed by atoms with E-state index >= 15 is 0 Å². The van der Waals surface area contributed by atoms with Gasteiger partial charge in [0, 0.05) is 19.6 Å². The average Bonchev–Trinajstić information content (AvgIpc) is 2.77. The minimum absolute atomic E-state index is 0.577. The van der Waals surface area contributed by atoms with Crippen LogP contribution in [0.2, 0.25) is 0 Å². The van der Waals surface area contributed by atoms with Crippen LogP contribution in [-0.4, -0.2) is 43.5 Å². The highest BCUT2D eigenvalue weighted by molar-refractivity contribution is 5.20. The summed E-state index contributed by atoms with van der Waals surface area (Å²) in [6, 6.07) is 9.75. The van der Waals surface area contributed by atoms with E-state index in [0.717, 1.165) is 25.3 Å². The Morgan fingerprint density at radius 2 is 2.18 bits per heavy atom. The minimum atomic E-state index is -0.577. The molecule has 4 heteroatoms. The molecule has 1 heterocycles. The van der Waals surface area contributed by atoms with Crippen LogP contribution < -0.4 is 15.4 Å². The Hall–Kier alpha value is -1.10. The molecule has 0 radical (unpaired) electrons. The molecule has 4 nitrogen and oxygen atoms in total. The van der Waals surface area contributed by atoms with Gasteiger partial charge in [-0.3, -0.25) is 0 Å². The second-order valence-electron chi connectivity index (χ2n) is 4.49. The van der Waals surface area contributed by atoms with Gasteiger partial charge < -0.3 is 20.5 Å². The molecule has 1 aliphatic heterocycles. The molecule has 0 aliphatic carbocycles. The van der Waals surface area contributed by atoms with Crippen LogP contribution in [0.1, 0.15) is 6.42 Å². The van der Waals surface area contributed by atoms with Crippen molar-refractivity contribution in [2.45, 2.75) is 12.0 Å². The van der Waals surface area contributed by atoms with Crippen LogP contribution in [0.25, 0.3) is 0 Å². The van der Waals surface area contributed by atoms with Gasteiger partial charge in [0.05, 0.1) is 5.60 Å². The molecule has 1 atom stereocenters. The molecule has 0 amide bonds. The normalized spacial score (nSPS) is 23.8. The van der Waals surface area contributed by atoms with Crippen LogP contribution in [0.15, 0.2) is 30.3 Å². The van der Waals surface area contributed by atoms with E-state index in [-0.39, 0.29) is 0 Å². The number of hydrogen-bond donors (Lipinski definition) is 3. The Balaban J connectivity index is 1.58. The van der Waals surface area contributed by atoms with Gasteiger partial charge in [0.1, 0.15) is 12.4 Å². The Morgan fingerprint density at radius 3 is 2.88 bits per heavy atom. The lowest BCUT2D eigenvalue weighted by molar-refractivity contribution is 0.0604. The summed E-state index contributed by atoms with van der Waals surface area (Å²) in [5.74, 6) is 0.885. The van der Waals surface area contributed by atoms with Gasteiger partial charge in [-0.2, -0.15) is 0 Å².